The number of hydrogen-bond acceptors (Lipinski definition) is 7. The van der Waals surface area contributed by atoms with Gasteiger partial charge in [0.05, 0.1) is 20.8 Å². The van der Waals surface area contributed by atoms with E-state index in [0.29, 0.717) is 60.2 Å². The normalized spacial score (nSPS) is 14.9. The maximum Gasteiger partial charge on any atom is 0.251 e. The number of rotatable bonds is 7. The van der Waals surface area contributed by atoms with Gasteiger partial charge < -0.3 is 34.5 Å². The van der Waals surface area contributed by atoms with Crippen molar-refractivity contribution in [1.82, 2.24) is 10.2 Å². The highest BCUT2D eigenvalue weighted by atomic mass is 16.7. The molecule has 34 heavy (non-hydrogen) atoms. The van der Waals surface area contributed by atoms with E-state index >= 15 is 0 Å². The molecule has 0 aliphatic carbocycles. The summed E-state index contributed by atoms with van der Waals surface area (Å²) < 4.78 is 21.0. The van der Waals surface area contributed by atoms with Crippen LogP contribution in [0.5, 0.6) is 23.0 Å². The molecule has 4 rings (SSSR count). The molecule has 0 bridgehead atoms. The highest BCUT2D eigenvalue weighted by molar-refractivity contribution is 5.97. The third-order valence-electron chi connectivity index (χ3n) is 5.90. The number of likely N-dealkylation sites (tertiary alicyclic amines) is 1. The van der Waals surface area contributed by atoms with E-state index in [9.17, 15) is 14.4 Å². The molecular weight excluding hydrogens is 442 g/mol. The van der Waals surface area contributed by atoms with Gasteiger partial charge in [0.1, 0.15) is 0 Å². The van der Waals surface area contributed by atoms with Crippen molar-refractivity contribution in [3.63, 3.8) is 0 Å². The number of nitrogens with zero attached hydrogens (tertiary/aromatic N) is 1. The third kappa shape index (κ3) is 5.16. The second-order valence-electron chi connectivity index (χ2n) is 7.96. The van der Waals surface area contributed by atoms with Gasteiger partial charge in [-0.3, -0.25) is 14.4 Å². The Morgan fingerprint density at radius 2 is 1.71 bits per heavy atom. The lowest BCUT2D eigenvalue weighted by molar-refractivity contribution is -0.133. The van der Waals surface area contributed by atoms with Gasteiger partial charge in [0.2, 0.25) is 18.6 Å². The van der Waals surface area contributed by atoms with Crippen molar-refractivity contribution in [2.45, 2.75) is 12.8 Å². The molecule has 0 radical (unpaired) electrons. The van der Waals surface area contributed by atoms with Crippen LogP contribution in [-0.4, -0.2) is 63.3 Å². The zero-order valence-corrected chi connectivity index (χ0v) is 19.1. The molecule has 2 N–H and O–H groups in total. The molecule has 1 fully saturated rings. The van der Waals surface area contributed by atoms with Gasteiger partial charge in [-0.1, -0.05) is 0 Å². The Morgan fingerprint density at radius 3 is 2.44 bits per heavy atom. The highest BCUT2D eigenvalue weighted by Gasteiger charge is 2.28. The molecule has 2 heterocycles. The molecule has 2 aliphatic rings. The van der Waals surface area contributed by atoms with E-state index in [1.807, 2.05) is 0 Å². The lowest BCUT2D eigenvalue weighted by Crippen LogP contribution is -2.45. The molecule has 2 aromatic rings. The van der Waals surface area contributed by atoms with Crippen molar-refractivity contribution < 1.29 is 33.3 Å². The van der Waals surface area contributed by atoms with Crippen LogP contribution in [0.4, 0.5) is 5.69 Å². The molecule has 0 atom stereocenters. The Labute approximate surface area is 197 Å². The summed E-state index contributed by atoms with van der Waals surface area (Å²) >= 11 is 0. The smallest absolute Gasteiger partial charge is 0.251 e. The molecule has 2 aromatic carbocycles. The Kier molecular flexibility index (Phi) is 7.05. The number of hydrogen-bond donors (Lipinski definition) is 2. The van der Waals surface area contributed by atoms with Gasteiger partial charge in [-0.15, -0.1) is 0 Å². The number of amides is 3. The summed E-state index contributed by atoms with van der Waals surface area (Å²) in [6.45, 7) is 0.948. The lowest BCUT2D eigenvalue weighted by atomic mass is 9.95. The van der Waals surface area contributed by atoms with Crippen molar-refractivity contribution in [3.8, 4) is 23.0 Å². The van der Waals surface area contributed by atoms with Gasteiger partial charge in [0, 0.05) is 36.3 Å². The second kappa shape index (κ2) is 10.3. The minimum absolute atomic E-state index is 0.0901. The summed E-state index contributed by atoms with van der Waals surface area (Å²) in [7, 11) is 3.00. The summed E-state index contributed by atoms with van der Waals surface area (Å²) in [6.07, 6.45) is 1.09. The molecule has 0 spiro atoms. The van der Waals surface area contributed by atoms with Crippen LogP contribution >= 0.6 is 0 Å². The minimum Gasteiger partial charge on any atom is -0.493 e. The average Bonchev–Trinajstić information content (AvgIpc) is 3.34. The topological polar surface area (TPSA) is 115 Å². The summed E-state index contributed by atoms with van der Waals surface area (Å²) in [5.41, 5.74) is 1.01. The summed E-state index contributed by atoms with van der Waals surface area (Å²) in [5.74, 6) is 1.35. The molecule has 180 valence electrons. The minimum atomic E-state index is -0.382. The molecular formula is C24H27N3O7. The molecule has 10 heteroatoms. The van der Waals surface area contributed by atoms with Crippen LogP contribution in [0, 0.1) is 5.92 Å². The van der Waals surface area contributed by atoms with Gasteiger partial charge in [-0.05, 0) is 43.2 Å². The van der Waals surface area contributed by atoms with Crippen molar-refractivity contribution in [2.75, 3.05) is 46.0 Å². The number of carbonyl (C=O) groups is 3. The van der Waals surface area contributed by atoms with Crippen LogP contribution in [0.25, 0.3) is 0 Å². The fraction of sp³-hybridized carbons (Fsp3) is 0.375. The van der Waals surface area contributed by atoms with E-state index in [-0.39, 0.29) is 37.0 Å². The maximum atomic E-state index is 12.7. The van der Waals surface area contributed by atoms with Gasteiger partial charge in [-0.25, -0.2) is 0 Å². The molecule has 1 saturated heterocycles. The maximum absolute atomic E-state index is 12.7. The number of methoxy groups -OCH3 is 2. The van der Waals surface area contributed by atoms with E-state index in [1.165, 1.54) is 14.2 Å². The molecule has 0 aromatic heterocycles. The number of benzene rings is 2. The number of fused-ring (bicyclic) bond motifs is 1. The first-order valence-electron chi connectivity index (χ1n) is 11.0. The lowest BCUT2D eigenvalue weighted by Gasteiger charge is -2.31. The highest BCUT2D eigenvalue weighted by Crippen LogP contribution is 2.34. The van der Waals surface area contributed by atoms with Crippen LogP contribution in [0.15, 0.2) is 36.4 Å². The molecule has 3 amide bonds. The molecule has 0 unspecified atom stereocenters. The number of nitrogens with one attached hydrogen (secondary N) is 2. The van der Waals surface area contributed by atoms with E-state index in [2.05, 4.69) is 10.6 Å². The first kappa shape index (κ1) is 23.2. The number of carbonyl (C=O) groups excluding carboxylic acids is 3. The monoisotopic (exact) mass is 469 g/mol. The zero-order chi connectivity index (χ0) is 24.1. The number of ether oxygens (including phenoxy) is 4. The number of piperidine rings is 1. The summed E-state index contributed by atoms with van der Waals surface area (Å²) in [5, 5.41) is 5.55. The zero-order valence-electron chi connectivity index (χ0n) is 19.1. The Hall–Kier alpha value is -3.95. The van der Waals surface area contributed by atoms with Crippen LogP contribution < -0.4 is 29.6 Å². The second-order valence-corrected chi connectivity index (χ2v) is 7.96. The summed E-state index contributed by atoms with van der Waals surface area (Å²) in [6, 6.07) is 10.1. The average molecular weight is 469 g/mol. The standard InChI is InChI=1S/C24H27N3O7/c1-31-18-5-3-16(11-20(18)32-2)23(29)25-13-22(28)27-9-7-15(8-10-27)24(30)26-17-4-6-19-21(12-17)34-14-33-19/h3-6,11-12,15H,7-10,13-14H2,1-2H3,(H,25,29)(H,26,30). The van der Waals surface area contributed by atoms with Crippen molar-refractivity contribution in [2.24, 2.45) is 5.92 Å². The van der Waals surface area contributed by atoms with E-state index < -0.39 is 0 Å². The molecule has 10 nitrogen and oxygen atoms in total. The summed E-state index contributed by atoms with van der Waals surface area (Å²) in [4.78, 5) is 39.3. The van der Waals surface area contributed by atoms with E-state index in [4.69, 9.17) is 18.9 Å². The van der Waals surface area contributed by atoms with Gasteiger partial charge >= 0.3 is 0 Å². The van der Waals surface area contributed by atoms with Crippen LogP contribution in [0.2, 0.25) is 0 Å². The SMILES string of the molecule is COc1ccc(C(=O)NCC(=O)N2CCC(C(=O)Nc3ccc4c(c3)OCO4)CC2)cc1OC. The van der Waals surface area contributed by atoms with E-state index in [0.717, 1.165) is 0 Å². The van der Waals surface area contributed by atoms with Crippen LogP contribution in [-0.2, 0) is 9.59 Å². The Morgan fingerprint density at radius 1 is 0.971 bits per heavy atom. The fourth-order valence-electron chi connectivity index (χ4n) is 3.96. The Bertz CT molecular complexity index is 1080. The predicted octanol–water partition coefficient (Wildman–Crippen LogP) is 2.04. The quantitative estimate of drug-likeness (QED) is 0.638. The van der Waals surface area contributed by atoms with Gasteiger partial charge in [0.15, 0.2) is 23.0 Å². The van der Waals surface area contributed by atoms with Crippen LogP contribution in [0.1, 0.15) is 23.2 Å². The largest absolute Gasteiger partial charge is 0.493 e. The first-order chi connectivity index (χ1) is 16.5. The van der Waals surface area contributed by atoms with E-state index in [1.54, 1.807) is 41.3 Å². The molecule has 2 aliphatic heterocycles. The molecule has 0 saturated carbocycles. The van der Waals surface area contributed by atoms with Crippen molar-refractivity contribution >= 4 is 23.4 Å². The van der Waals surface area contributed by atoms with Crippen molar-refractivity contribution in [1.29, 1.82) is 0 Å². The fourth-order valence-corrected chi connectivity index (χ4v) is 3.96. The van der Waals surface area contributed by atoms with Gasteiger partial charge in [-0.2, -0.15) is 0 Å². The predicted molar refractivity (Wildman–Crippen MR) is 122 cm³/mol. The Balaban J connectivity index is 1.23. The van der Waals surface area contributed by atoms with Crippen molar-refractivity contribution in [3.05, 3.63) is 42.0 Å². The number of anilines is 1. The third-order valence-corrected chi connectivity index (χ3v) is 5.90. The van der Waals surface area contributed by atoms with Crippen LogP contribution in [0.3, 0.4) is 0 Å². The van der Waals surface area contributed by atoms with Gasteiger partial charge in [0.25, 0.3) is 5.91 Å². The first-order valence-corrected chi connectivity index (χ1v) is 11.0.